The normalized spacial score (nSPS) is 10.5. The molecule has 1 aromatic carbocycles. The van der Waals surface area contributed by atoms with Crippen molar-refractivity contribution in [2.75, 3.05) is 5.32 Å². The molecule has 0 aliphatic heterocycles. The van der Waals surface area contributed by atoms with E-state index in [0.717, 1.165) is 5.56 Å². The lowest BCUT2D eigenvalue weighted by atomic mass is 10.2. The summed E-state index contributed by atoms with van der Waals surface area (Å²) in [7, 11) is 0. The van der Waals surface area contributed by atoms with Gasteiger partial charge in [-0.05, 0) is 28.1 Å². The van der Waals surface area contributed by atoms with Gasteiger partial charge in [-0.2, -0.15) is 0 Å². The molecule has 9 heteroatoms. The number of benzene rings is 1. The molecule has 24 heavy (non-hydrogen) atoms. The lowest BCUT2D eigenvalue weighted by molar-refractivity contribution is -0.116. The van der Waals surface area contributed by atoms with Gasteiger partial charge in [-0.1, -0.05) is 29.8 Å². The number of carbonyl (C=O) groups excluding carboxylic acids is 1. The molecule has 122 valence electrons. The van der Waals surface area contributed by atoms with E-state index in [0.29, 0.717) is 17.3 Å². The van der Waals surface area contributed by atoms with E-state index in [1.54, 1.807) is 18.3 Å². The number of rotatable bonds is 5. The Morgan fingerprint density at radius 2 is 2.04 bits per heavy atom. The van der Waals surface area contributed by atoms with Crippen LogP contribution in [0.5, 0.6) is 0 Å². The smallest absolute Gasteiger partial charge is 0.250 e. The summed E-state index contributed by atoms with van der Waals surface area (Å²) in [5.41, 5.74) is 1.13. The first-order valence-electron chi connectivity index (χ1n) is 7.06. The van der Waals surface area contributed by atoms with Crippen molar-refractivity contribution in [1.29, 1.82) is 0 Å². The second kappa shape index (κ2) is 7.05. The van der Waals surface area contributed by atoms with Crippen molar-refractivity contribution >= 4 is 23.2 Å². The van der Waals surface area contributed by atoms with E-state index in [9.17, 15) is 9.59 Å². The molecule has 3 rings (SSSR count). The minimum atomic E-state index is -0.301. The van der Waals surface area contributed by atoms with Gasteiger partial charge in [-0.25, -0.2) is 4.68 Å². The van der Waals surface area contributed by atoms with Crippen molar-refractivity contribution in [2.24, 2.45) is 0 Å². The maximum absolute atomic E-state index is 12.0. The molecule has 0 spiro atoms. The van der Waals surface area contributed by atoms with Crippen LogP contribution in [0.4, 0.5) is 5.69 Å². The van der Waals surface area contributed by atoms with Gasteiger partial charge in [0.05, 0.1) is 12.2 Å². The maximum Gasteiger partial charge on any atom is 0.250 e. The number of anilines is 1. The fourth-order valence-electron chi connectivity index (χ4n) is 2.14. The first-order valence-corrected chi connectivity index (χ1v) is 7.44. The predicted octanol–water partition coefficient (Wildman–Crippen LogP) is 1.18. The minimum Gasteiger partial charge on any atom is -0.323 e. The maximum atomic E-state index is 12.0. The zero-order valence-electron chi connectivity index (χ0n) is 12.5. The zero-order valence-corrected chi connectivity index (χ0v) is 13.2. The topological polar surface area (TPSA) is 94.7 Å². The standard InChI is InChI=1S/C15H13ClN6O2/c16-13-4-2-1-3-11(13)7-21-8-12(5-6-15(21)24)18-14(23)9-22-10-17-19-20-22/h1-6,8,10H,7,9H2,(H,18,23). The van der Waals surface area contributed by atoms with Crippen LogP contribution in [-0.4, -0.2) is 30.7 Å². The van der Waals surface area contributed by atoms with E-state index >= 15 is 0 Å². The van der Waals surface area contributed by atoms with Gasteiger partial charge in [0.25, 0.3) is 5.56 Å². The molecule has 1 N–H and O–H groups in total. The molecule has 0 aliphatic carbocycles. The molecule has 0 radical (unpaired) electrons. The number of carbonyl (C=O) groups is 1. The number of nitrogens with one attached hydrogen (secondary N) is 1. The number of halogens is 1. The highest BCUT2D eigenvalue weighted by Crippen LogP contribution is 2.16. The Hall–Kier alpha value is -3.00. The molecular formula is C15H13ClN6O2. The van der Waals surface area contributed by atoms with Gasteiger partial charge in [-0.3, -0.25) is 9.59 Å². The number of nitrogens with zero attached hydrogens (tertiary/aromatic N) is 5. The van der Waals surface area contributed by atoms with Gasteiger partial charge in [0, 0.05) is 17.3 Å². The molecule has 0 atom stereocenters. The van der Waals surface area contributed by atoms with Gasteiger partial charge in [0.2, 0.25) is 5.91 Å². The van der Waals surface area contributed by atoms with E-state index < -0.39 is 0 Å². The highest BCUT2D eigenvalue weighted by Gasteiger charge is 2.07. The molecule has 0 aliphatic rings. The molecule has 2 heterocycles. The van der Waals surface area contributed by atoms with E-state index in [4.69, 9.17) is 11.6 Å². The van der Waals surface area contributed by atoms with Crippen LogP contribution in [0.3, 0.4) is 0 Å². The van der Waals surface area contributed by atoms with Crippen LogP contribution in [0.15, 0.2) is 53.7 Å². The minimum absolute atomic E-state index is 0.0172. The van der Waals surface area contributed by atoms with Crippen LogP contribution in [0.25, 0.3) is 0 Å². The van der Waals surface area contributed by atoms with Crippen molar-refractivity contribution in [3.63, 3.8) is 0 Å². The Morgan fingerprint density at radius 3 is 2.79 bits per heavy atom. The Balaban J connectivity index is 1.75. The molecule has 8 nitrogen and oxygen atoms in total. The van der Waals surface area contributed by atoms with Gasteiger partial charge >= 0.3 is 0 Å². The van der Waals surface area contributed by atoms with Gasteiger partial charge in [-0.15, -0.1) is 5.10 Å². The van der Waals surface area contributed by atoms with Crippen LogP contribution in [0.2, 0.25) is 5.02 Å². The lowest BCUT2D eigenvalue weighted by Crippen LogP contribution is -2.23. The highest BCUT2D eigenvalue weighted by molar-refractivity contribution is 6.31. The van der Waals surface area contributed by atoms with Crippen molar-refractivity contribution in [3.8, 4) is 0 Å². The van der Waals surface area contributed by atoms with Gasteiger partial charge in [0.1, 0.15) is 12.9 Å². The molecule has 2 aromatic heterocycles. The molecule has 3 aromatic rings. The summed E-state index contributed by atoms with van der Waals surface area (Å²) in [6, 6.07) is 10.2. The summed E-state index contributed by atoms with van der Waals surface area (Å²) in [5.74, 6) is -0.301. The van der Waals surface area contributed by atoms with Crippen LogP contribution in [0, 0.1) is 0 Å². The first kappa shape index (κ1) is 15.9. The summed E-state index contributed by atoms with van der Waals surface area (Å²) in [5, 5.41) is 13.8. The molecule has 1 amide bonds. The number of pyridine rings is 1. The second-order valence-electron chi connectivity index (χ2n) is 5.03. The van der Waals surface area contributed by atoms with E-state index in [1.165, 1.54) is 21.6 Å². The number of hydrogen-bond donors (Lipinski definition) is 1. The second-order valence-corrected chi connectivity index (χ2v) is 5.44. The summed E-state index contributed by atoms with van der Waals surface area (Å²) in [4.78, 5) is 24.0. The van der Waals surface area contributed by atoms with Crippen molar-refractivity contribution in [3.05, 3.63) is 69.9 Å². The molecule has 0 fully saturated rings. The SMILES string of the molecule is O=C(Cn1cnnn1)Nc1ccc(=O)n(Cc2ccccc2Cl)c1. The Morgan fingerprint density at radius 1 is 1.21 bits per heavy atom. The molecule has 0 bridgehead atoms. The van der Waals surface area contributed by atoms with Gasteiger partial charge < -0.3 is 9.88 Å². The highest BCUT2D eigenvalue weighted by atomic mass is 35.5. The number of amides is 1. The molecule has 0 saturated carbocycles. The van der Waals surface area contributed by atoms with Crippen LogP contribution >= 0.6 is 11.6 Å². The van der Waals surface area contributed by atoms with E-state index in [-0.39, 0.29) is 18.0 Å². The fraction of sp³-hybridized carbons (Fsp3) is 0.133. The molecule has 0 saturated heterocycles. The fourth-order valence-corrected chi connectivity index (χ4v) is 2.33. The number of aromatic nitrogens is 5. The Kier molecular flexibility index (Phi) is 4.66. The number of hydrogen-bond acceptors (Lipinski definition) is 5. The third kappa shape index (κ3) is 3.85. The molecular weight excluding hydrogens is 332 g/mol. The van der Waals surface area contributed by atoms with Crippen LogP contribution < -0.4 is 10.9 Å². The Bertz CT molecular complexity index is 906. The largest absolute Gasteiger partial charge is 0.323 e. The van der Waals surface area contributed by atoms with E-state index in [2.05, 4.69) is 20.8 Å². The third-order valence-electron chi connectivity index (χ3n) is 3.26. The predicted molar refractivity (Wildman–Crippen MR) is 87.7 cm³/mol. The first-order chi connectivity index (χ1) is 11.6. The van der Waals surface area contributed by atoms with Gasteiger partial charge in [0.15, 0.2) is 0 Å². The average Bonchev–Trinajstić information content (AvgIpc) is 3.05. The van der Waals surface area contributed by atoms with Crippen molar-refractivity contribution in [2.45, 2.75) is 13.1 Å². The molecule has 0 unspecified atom stereocenters. The monoisotopic (exact) mass is 344 g/mol. The Labute approximate surface area is 141 Å². The lowest BCUT2D eigenvalue weighted by Gasteiger charge is -2.10. The summed E-state index contributed by atoms with van der Waals surface area (Å²) in [6.07, 6.45) is 2.92. The summed E-state index contributed by atoms with van der Waals surface area (Å²) < 4.78 is 2.78. The van der Waals surface area contributed by atoms with Crippen LogP contribution in [0.1, 0.15) is 5.56 Å². The van der Waals surface area contributed by atoms with Crippen LogP contribution in [-0.2, 0) is 17.9 Å². The van der Waals surface area contributed by atoms with Crippen molar-refractivity contribution < 1.29 is 4.79 Å². The van der Waals surface area contributed by atoms with E-state index in [1.807, 2.05) is 18.2 Å². The zero-order chi connectivity index (χ0) is 16.9. The quantitative estimate of drug-likeness (QED) is 0.749. The summed E-state index contributed by atoms with van der Waals surface area (Å²) >= 11 is 6.12. The summed E-state index contributed by atoms with van der Waals surface area (Å²) in [6.45, 7) is 0.297. The third-order valence-corrected chi connectivity index (χ3v) is 3.63. The van der Waals surface area contributed by atoms with Crippen molar-refractivity contribution in [1.82, 2.24) is 24.8 Å². The average molecular weight is 345 g/mol. The number of tetrazole rings is 1.